The zero-order valence-corrected chi connectivity index (χ0v) is 15.2. The Hall–Kier alpha value is -1.73. The van der Waals surface area contributed by atoms with E-state index in [1.54, 1.807) is 4.68 Å². The van der Waals surface area contributed by atoms with Crippen molar-refractivity contribution in [3.05, 3.63) is 40.1 Å². The third-order valence-electron chi connectivity index (χ3n) is 5.04. The van der Waals surface area contributed by atoms with E-state index in [4.69, 9.17) is 0 Å². The van der Waals surface area contributed by atoms with E-state index in [-0.39, 0.29) is 11.9 Å². The number of aromatic nitrogens is 3. The molecule has 1 aromatic carbocycles. The van der Waals surface area contributed by atoms with E-state index in [2.05, 4.69) is 31.6 Å². The van der Waals surface area contributed by atoms with E-state index >= 15 is 0 Å². The number of fused-ring (bicyclic) bond motifs is 2. The number of hydrogen-bond acceptors (Lipinski definition) is 4. The van der Waals surface area contributed by atoms with Crippen LogP contribution in [0.4, 0.5) is 0 Å². The molecule has 0 radical (unpaired) electrons. The summed E-state index contributed by atoms with van der Waals surface area (Å²) in [6.45, 7) is 3.77. The van der Waals surface area contributed by atoms with Gasteiger partial charge in [0.2, 0.25) is 0 Å². The number of amides is 1. The van der Waals surface area contributed by atoms with Gasteiger partial charge in [0.15, 0.2) is 5.69 Å². The first-order valence-corrected chi connectivity index (χ1v) is 9.16. The first-order valence-electron chi connectivity index (χ1n) is 8.37. The van der Waals surface area contributed by atoms with Crippen molar-refractivity contribution >= 4 is 21.8 Å². The molecule has 0 spiro atoms. The maximum absolute atomic E-state index is 13.1. The second-order valence-corrected chi connectivity index (χ2v) is 7.42. The first-order chi connectivity index (χ1) is 11.6. The maximum atomic E-state index is 13.1. The van der Waals surface area contributed by atoms with Crippen molar-refractivity contribution in [3.63, 3.8) is 0 Å². The monoisotopic (exact) mass is 389 g/mol. The van der Waals surface area contributed by atoms with E-state index in [0.717, 1.165) is 48.2 Å². The average Bonchev–Trinajstić information content (AvgIpc) is 3.05. The molecule has 6 nitrogen and oxygen atoms in total. The van der Waals surface area contributed by atoms with Crippen molar-refractivity contribution in [3.8, 4) is 5.69 Å². The van der Waals surface area contributed by atoms with Crippen molar-refractivity contribution in [1.82, 2.24) is 25.2 Å². The highest BCUT2D eigenvalue weighted by Gasteiger charge is 2.39. The molecule has 24 heavy (non-hydrogen) atoms. The second kappa shape index (κ2) is 6.29. The van der Waals surface area contributed by atoms with Gasteiger partial charge in [0, 0.05) is 23.1 Å². The number of benzene rings is 1. The van der Waals surface area contributed by atoms with Crippen LogP contribution < -0.4 is 5.32 Å². The first kappa shape index (κ1) is 15.8. The number of nitrogens with zero attached hydrogens (tertiary/aromatic N) is 4. The van der Waals surface area contributed by atoms with Crippen LogP contribution in [-0.2, 0) is 0 Å². The predicted molar refractivity (Wildman–Crippen MR) is 94.3 cm³/mol. The van der Waals surface area contributed by atoms with E-state index in [0.29, 0.717) is 11.7 Å². The molecule has 1 N–H and O–H groups in total. The highest BCUT2D eigenvalue weighted by molar-refractivity contribution is 9.10. The van der Waals surface area contributed by atoms with Gasteiger partial charge in [-0.25, -0.2) is 4.68 Å². The molecule has 126 valence electrons. The van der Waals surface area contributed by atoms with Crippen molar-refractivity contribution < 1.29 is 4.79 Å². The lowest BCUT2D eigenvalue weighted by Crippen LogP contribution is -2.43. The molecule has 2 aliphatic heterocycles. The summed E-state index contributed by atoms with van der Waals surface area (Å²) in [7, 11) is 0. The Bertz CT molecular complexity index is 760. The summed E-state index contributed by atoms with van der Waals surface area (Å²) >= 11 is 3.47. The van der Waals surface area contributed by atoms with Gasteiger partial charge in [-0.05, 0) is 50.9 Å². The fourth-order valence-electron chi connectivity index (χ4n) is 3.82. The van der Waals surface area contributed by atoms with Crippen LogP contribution in [0.3, 0.4) is 0 Å². The smallest absolute Gasteiger partial charge is 0.276 e. The average molecular weight is 390 g/mol. The SMILES string of the molecule is Cc1c(C(=O)N2C3CCNCC2CC3)nnn1-c1cccc(Br)c1. The van der Waals surface area contributed by atoms with Crippen LogP contribution in [-0.4, -0.2) is 51.0 Å². The topological polar surface area (TPSA) is 63.1 Å². The molecule has 0 aliphatic carbocycles. The lowest BCUT2D eigenvalue weighted by atomic mass is 10.1. The maximum Gasteiger partial charge on any atom is 0.276 e. The summed E-state index contributed by atoms with van der Waals surface area (Å²) in [5.74, 6) is 0.0185. The van der Waals surface area contributed by atoms with Gasteiger partial charge in [0.05, 0.1) is 11.4 Å². The molecular formula is C17H20BrN5O. The number of nitrogens with one attached hydrogen (secondary N) is 1. The number of rotatable bonds is 2. The lowest BCUT2D eigenvalue weighted by Gasteiger charge is -2.27. The van der Waals surface area contributed by atoms with E-state index < -0.39 is 0 Å². The number of hydrogen-bond donors (Lipinski definition) is 1. The van der Waals surface area contributed by atoms with Gasteiger partial charge in [-0.3, -0.25) is 4.79 Å². The van der Waals surface area contributed by atoms with Crippen LogP contribution >= 0.6 is 15.9 Å². The van der Waals surface area contributed by atoms with E-state index in [9.17, 15) is 4.79 Å². The van der Waals surface area contributed by atoms with E-state index in [1.807, 2.05) is 36.1 Å². The molecule has 3 heterocycles. The van der Waals surface area contributed by atoms with E-state index in [1.165, 1.54) is 0 Å². The molecule has 2 saturated heterocycles. The Morgan fingerprint density at radius 2 is 2.12 bits per heavy atom. The lowest BCUT2D eigenvalue weighted by molar-refractivity contribution is 0.0673. The molecule has 2 bridgehead atoms. The van der Waals surface area contributed by atoms with Crippen LogP contribution in [0, 0.1) is 6.92 Å². The molecule has 0 saturated carbocycles. The number of carbonyl (C=O) groups excluding carboxylic acids is 1. The molecule has 4 rings (SSSR count). The summed E-state index contributed by atoms with van der Waals surface area (Å²) in [5, 5.41) is 11.9. The highest BCUT2D eigenvalue weighted by atomic mass is 79.9. The molecular weight excluding hydrogens is 370 g/mol. The van der Waals surface area contributed by atoms with Crippen LogP contribution in [0.5, 0.6) is 0 Å². The van der Waals surface area contributed by atoms with Crippen LogP contribution in [0.15, 0.2) is 28.7 Å². The number of carbonyl (C=O) groups is 1. The normalized spacial score (nSPS) is 23.3. The minimum absolute atomic E-state index is 0.0185. The Balaban J connectivity index is 1.66. The number of halogens is 1. The zero-order valence-electron chi connectivity index (χ0n) is 13.6. The van der Waals surface area contributed by atoms with Crippen molar-refractivity contribution in [2.75, 3.05) is 13.1 Å². The third kappa shape index (κ3) is 2.65. The summed E-state index contributed by atoms with van der Waals surface area (Å²) < 4.78 is 2.70. The fraction of sp³-hybridized carbons (Fsp3) is 0.471. The van der Waals surface area contributed by atoms with Crippen molar-refractivity contribution in [2.24, 2.45) is 0 Å². The van der Waals surface area contributed by atoms with Gasteiger partial charge in [-0.1, -0.05) is 27.2 Å². The largest absolute Gasteiger partial charge is 0.330 e. The molecule has 1 aromatic heterocycles. The molecule has 2 atom stereocenters. The Morgan fingerprint density at radius 3 is 2.96 bits per heavy atom. The van der Waals surface area contributed by atoms with Gasteiger partial charge in [-0.15, -0.1) is 5.10 Å². The molecule has 2 aliphatic rings. The summed E-state index contributed by atoms with van der Waals surface area (Å²) in [6, 6.07) is 8.44. The molecule has 2 fully saturated rings. The van der Waals surface area contributed by atoms with Gasteiger partial charge in [0.25, 0.3) is 5.91 Å². The fourth-order valence-corrected chi connectivity index (χ4v) is 4.20. The van der Waals surface area contributed by atoms with Crippen molar-refractivity contribution in [2.45, 2.75) is 38.3 Å². The van der Waals surface area contributed by atoms with Gasteiger partial charge >= 0.3 is 0 Å². The summed E-state index contributed by atoms with van der Waals surface area (Å²) in [4.78, 5) is 15.2. The molecule has 7 heteroatoms. The quantitative estimate of drug-likeness (QED) is 0.855. The Morgan fingerprint density at radius 1 is 1.29 bits per heavy atom. The standard InChI is InChI=1S/C17H20BrN5O/c1-11-16(20-21-23(11)14-4-2-3-12(18)9-14)17(24)22-13-5-6-15(22)10-19-8-7-13/h2-4,9,13,15,19H,5-8,10H2,1H3. The summed E-state index contributed by atoms with van der Waals surface area (Å²) in [6.07, 6.45) is 3.18. The van der Waals surface area contributed by atoms with Crippen LogP contribution in [0.1, 0.15) is 35.4 Å². The molecule has 1 amide bonds. The van der Waals surface area contributed by atoms with Crippen LogP contribution in [0.2, 0.25) is 0 Å². The summed E-state index contributed by atoms with van der Waals surface area (Å²) in [5.41, 5.74) is 2.15. The predicted octanol–water partition coefficient (Wildman–Crippen LogP) is 2.30. The highest BCUT2D eigenvalue weighted by Crippen LogP contribution is 2.30. The van der Waals surface area contributed by atoms with Gasteiger partial charge in [-0.2, -0.15) is 0 Å². The Kier molecular flexibility index (Phi) is 4.14. The van der Waals surface area contributed by atoms with Crippen LogP contribution in [0.25, 0.3) is 5.69 Å². The molecule has 2 unspecified atom stereocenters. The minimum atomic E-state index is 0.0185. The third-order valence-corrected chi connectivity index (χ3v) is 5.53. The van der Waals surface area contributed by atoms with Gasteiger partial charge in [0.1, 0.15) is 0 Å². The zero-order chi connectivity index (χ0) is 16.7. The minimum Gasteiger partial charge on any atom is -0.330 e. The second-order valence-electron chi connectivity index (χ2n) is 6.51. The van der Waals surface area contributed by atoms with Crippen molar-refractivity contribution in [1.29, 1.82) is 0 Å². The molecule has 2 aromatic rings. The Labute approximate surface area is 149 Å². The van der Waals surface area contributed by atoms with Gasteiger partial charge < -0.3 is 10.2 Å².